The maximum absolute atomic E-state index is 12.0. The Bertz CT molecular complexity index is 462. The van der Waals surface area contributed by atoms with Crippen molar-refractivity contribution in [2.24, 2.45) is 0 Å². The highest BCUT2D eigenvalue weighted by Crippen LogP contribution is 2.25. The van der Waals surface area contributed by atoms with Crippen molar-refractivity contribution in [2.45, 2.75) is 37.5 Å². The number of rotatable bonds is 5. The molecule has 0 radical (unpaired) electrons. The van der Waals surface area contributed by atoms with Crippen LogP contribution in [0.1, 0.15) is 38.2 Å². The lowest BCUT2D eigenvalue weighted by Crippen LogP contribution is -2.22. The first kappa shape index (κ1) is 14.2. The third kappa shape index (κ3) is 3.07. The highest BCUT2D eigenvalue weighted by atomic mass is 32.2. The number of nitrogens with zero attached hydrogens (tertiary/aromatic N) is 1. The average Bonchev–Trinajstić information content (AvgIpc) is 2.31. The van der Waals surface area contributed by atoms with Crippen LogP contribution in [0.25, 0.3) is 0 Å². The Labute approximate surface area is 105 Å². The van der Waals surface area contributed by atoms with Crippen LogP contribution < -0.4 is 0 Å². The highest BCUT2D eigenvalue weighted by molar-refractivity contribution is 7.89. The van der Waals surface area contributed by atoms with Crippen LogP contribution in [0.2, 0.25) is 0 Å². The van der Waals surface area contributed by atoms with E-state index in [9.17, 15) is 8.42 Å². The van der Waals surface area contributed by atoms with E-state index < -0.39 is 10.0 Å². The smallest absolute Gasteiger partial charge is 0.207 e. The zero-order valence-corrected chi connectivity index (χ0v) is 11.8. The molecule has 0 saturated carbocycles. The fraction of sp³-hybridized carbons (Fsp3) is 0.538. The molecule has 0 spiro atoms. The average molecular weight is 255 g/mol. The molecule has 0 unspecified atom stereocenters. The zero-order chi connectivity index (χ0) is 13.1. The Morgan fingerprint density at radius 3 is 2.24 bits per heavy atom. The van der Waals surface area contributed by atoms with Crippen LogP contribution in [0.4, 0.5) is 0 Å². The lowest BCUT2D eigenvalue weighted by atomic mass is 9.94. The second-order valence-corrected chi connectivity index (χ2v) is 6.53. The summed E-state index contributed by atoms with van der Waals surface area (Å²) >= 11 is 0. The Balaban J connectivity index is 3.18. The molecule has 0 aromatic heterocycles. The van der Waals surface area contributed by atoms with E-state index in [0.29, 0.717) is 10.8 Å². The van der Waals surface area contributed by atoms with Gasteiger partial charge in [0.1, 0.15) is 0 Å². The second kappa shape index (κ2) is 5.65. The molecule has 0 fully saturated rings. The van der Waals surface area contributed by atoms with Gasteiger partial charge in [0.15, 0.2) is 0 Å². The summed E-state index contributed by atoms with van der Waals surface area (Å²) in [6.45, 7) is 4.25. The van der Waals surface area contributed by atoms with Crippen molar-refractivity contribution < 1.29 is 8.42 Å². The maximum Gasteiger partial charge on any atom is 0.242 e. The van der Waals surface area contributed by atoms with Gasteiger partial charge in [-0.05, 0) is 36.5 Å². The Hall–Kier alpha value is -0.870. The summed E-state index contributed by atoms with van der Waals surface area (Å²) in [5.74, 6) is 0.437. The van der Waals surface area contributed by atoms with Crippen LogP contribution in [-0.4, -0.2) is 26.8 Å². The number of hydrogen-bond donors (Lipinski definition) is 0. The predicted molar refractivity (Wildman–Crippen MR) is 70.6 cm³/mol. The quantitative estimate of drug-likeness (QED) is 0.811. The number of benzene rings is 1. The molecule has 4 heteroatoms. The highest BCUT2D eigenvalue weighted by Gasteiger charge is 2.18. The molecule has 0 atom stereocenters. The van der Waals surface area contributed by atoms with Gasteiger partial charge in [-0.25, -0.2) is 12.7 Å². The van der Waals surface area contributed by atoms with Crippen molar-refractivity contribution in [3.05, 3.63) is 29.8 Å². The first-order chi connectivity index (χ1) is 7.93. The monoisotopic (exact) mass is 255 g/mol. The van der Waals surface area contributed by atoms with Crippen molar-refractivity contribution in [3.8, 4) is 0 Å². The lowest BCUT2D eigenvalue weighted by molar-refractivity contribution is 0.520. The number of sulfonamides is 1. The number of hydrogen-bond acceptors (Lipinski definition) is 2. The molecule has 0 bridgehead atoms. The Morgan fingerprint density at radius 2 is 1.76 bits per heavy atom. The van der Waals surface area contributed by atoms with Crippen LogP contribution in [0.3, 0.4) is 0 Å². The molecule has 0 aliphatic carbocycles. The van der Waals surface area contributed by atoms with Crippen LogP contribution in [-0.2, 0) is 10.0 Å². The normalized spacial score (nSPS) is 12.4. The molecule has 3 nitrogen and oxygen atoms in total. The third-order valence-corrected chi connectivity index (χ3v) is 4.90. The van der Waals surface area contributed by atoms with Gasteiger partial charge in [0.25, 0.3) is 0 Å². The van der Waals surface area contributed by atoms with E-state index in [1.54, 1.807) is 26.2 Å². The molecule has 1 rings (SSSR count). The van der Waals surface area contributed by atoms with Gasteiger partial charge in [-0.3, -0.25) is 0 Å². The minimum Gasteiger partial charge on any atom is -0.207 e. The molecule has 0 N–H and O–H groups in total. The van der Waals surface area contributed by atoms with E-state index in [0.717, 1.165) is 18.4 Å². The molecule has 1 aromatic carbocycles. The maximum atomic E-state index is 12.0. The second-order valence-electron chi connectivity index (χ2n) is 4.37. The lowest BCUT2D eigenvalue weighted by Gasteiger charge is -2.16. The topological polar surface area (TPSA) is 37.4 Å². The summed E-state index contributed by atoms with van der Waals surface area (Å²) < 4.78 is 25.3. The van der Waals surface area contributed by atoms with Gasteiger partial charge in [0.2, 0.25) is 10.0 Å². The molecule has 17 heavy (non-hydrogen) atoms. The van der Waals surface area contributed by atoms with E-state index in [4.69, 9.17) is 0 Å². The summed E-state index contributed by atoms with van der Waals surface area (Å²) in [5, 5.41) is 0. The van der Waals surface area contributed by atoms with Gasteiger partial charge in [-0.1, -0.05) is 26.0 Å². The van der Waals surface area contributed by atoms with Crippen molar-refractivity contribution in [1.82, 2.24) is 4.31 Å². The summed E-state index contributed by atoms with van der Waals surface area (Å²) in [5.41, 5.74) is 1.11. The first-order valence-corrected chi connectivity index (χ1v) is 7.40. The molecular weight excluding hydrogens is 234 g/mol. The van der Waals surface area contributed by atoms with E-state index in [2.05, 4.69) is 13.8 Å². The third-order valence-electron chi connectivity index (χ3n) is 3.09. The standard InChI is InChI=1S/C13H21NO2S/c1-5-11(6-2)12-8-7-9-13(10-12)17(15,16)14(3)4/h7-11H,5-6H2,1-4H3. The fourth-order valence-electron chi connectivity index (χ4n) is 1.90. The summed E-state index contributed by atoms with van der Waals surface area (Å²) in [7, 11) is -0.207. The molecular formula is C13H21NO2S. The minimum atomic E-state index is -3.32. The molecule has 0 amide bonds. The zero-order valence-electron chi connectivity index (χ0n) is 11.0. The minimum absolute atomic E-state index is 0.381. The van der Waals surface area contributed by atoms with Gasteiger partial charge in [-0.2, -0.15) is 0 Å². The van der Waals surface area contributed by atoms with Crippen LogP contribution in [0, 0.1) is 0 Å². The molecule has 96 valence electrons. The largest absolute Gasteiger partial charge is 0.242 e. The SMILES string of the molecule is CCC(CC)c1cccc(S(=O)(=O)N(C)C)c1. The van der Waals surface area contributed by atoms with Crippen molar-refractivity contribution >= 4 is 10.0 Å². The van der Waals surface area contributed by atoms with Gasteiger partial charge >= 0.3 is 0 Å². The molecule has 1 aromatic rings. The van der Waals surface area contributed by atoms with E-state index in [-0.39, 0.29) is 0 Å². The van der Waals surface area contributed by atoms with Gasteiger partial charge < -0.3 is 0 Å². The van der Waals surface area contributed by atoms with Gasteiger partial charge in [0.05, 0.1) is 4.90 Å². The van der Waals surface area contributed by atoms with Gasteiger partial charge in [-0.15, -0.1) is 0 Å². The summed E-state index contributed by atoms with van der Waals surface area (Å²) in [6.07, 6.45) is 2.06. The molecule has 0 aliphatic heterocycles. The van der Waals surface area contributed by atoms with Crippen molar-refractivity contribution in [1.29, 1.82) is 0 Å². The Morgan fingerprint density at radius 1 is 1.18 bits per heavy atom. The molecule has 0 heterocycles. The molecule has 0 saturated heterocycles. The van der Waals surface area contributed by atoms with E-state index in [1.165, 1.54) is 4.31 Å². The van der Waals surface area contributed by atoms with Crippen LogP contribution >= 0.6 is 0 Å². The van der Waals surface area contributed by atoms with Gasteiger partial charge in [0, 0.05) is 14.1 Å². The summed E-state index contributed by atoms with van der Waals surface area (Å²) in [6, 6.07) is 7.28. The first-order valence-electron chi connectivity index (χ1n) is 5.96. The van der Waals surface area contributed by atoms with Crippen molar-refractivity contribution in [3.63, 3.8) is 0 Å². The molecule has 0 aliphatic rings. The Kier molecular flexibility index (Phi) is 4.71. The summed E-state index contributed by atoms with van der Waals surface area (Å²) in [4.78, 5) is 0.381. The predicted octanol–water partition coefficient (Wildman–Crippen LogP) is 2.84. The van der Waals surface area contributed by atoms with Crippen LogP contribution in [0.5, 0.6) is 0 Å². The fourth-order valence-corrected chi connectivity index (χ4v) is 2.86. The van der Waals surface area contributed by atoms with Crippen LogP contribution in [0.15, 0.2) is 29.2 Å². The van der Waals surface area contributed by atoms with E-state index in [1.807, 2.05) is 12.1 Å². The van der Waals surface area contributed by atoms with Crippen molar-refractivity contribution in [2.75, 3.05) is 14.1 Å². The van der Waals surface area contributed by atoms with E-state index >= 15 is 0 Å².